The first kappa shape index (κ1) is 14.3. The highest BCUT2D eigenvalue weighted by atomic mass is 16.5. The van der Waals surface area contributed by atoms with Gasteiger partial charge in [0.25, 0.3) is 0 Å². The lowest BCUT2D eigenvalue weighted by molar-refractivity contribution is 0.00915. The molecule has 1 saturated carbocycles. The van der Waals surface area contributed by atoms with E-state index in [-0.39, 0.29) is 0 Å². The molecule has 0 amide bonds. The van der Waals surface area contributed by atoms with Crippen molar-refractivity contribution in [3.63, 3.8) is 0 Å². The molecule has 0 radical (unpaired) electrons. The molecule has 1 N–H and O–H groups in total. The normalized spacial score (nSPS) is 32.0. The van der Waals surface area contributed by atoms with E-state index in [9.17, 15) is 0 Å². The van der Waals surface area contributed by atoms with Gasteiger partial charge in [-0.3, -0.25) is 0 Å². The van der Waals surface area contributed by atoms with Gasteiger partial charge < -0.3 is 14.8 Å². The maximum Gasteiger partial charge on any atom is 0.0673 e. The van der Waals surface area contributed by atoms with Crippen LogP contribution in [-0.4, -0.2) is 39.5 Å². The topological polar surface area (TPSA) is 30.5 Å². The van der Waals surface area contributed by atoms with Gasteiger partial charge in [0.1, 0.15) is 0 Å². The summed E-state index contributed by atoms with van der Waals surface area (Å²) in [7, 11) is 2.06. The standard InChI is InChI=1S/C15H29NO2/c1-3-4-9-17-10-7-15(12-16-2)8-11-18-14(15)13-5-6-13/h13-14,16H,3-12H2,1-2H3. The van der Waals surface area contributed by atoms with Crippen LogP contribution in [0.3, 0.4) is 0 Å². The first-order chi connectivity index (χ1) is 8.82. The molecule has 0 aromatic rings. The van der Waals surface area contributed by atoms with E-state index in [0.29, 0.717) is 11.5 Å². The Morgan fingerprint density at radius 2 is 2.17 bits per heavy atom. The van der Waals surface area contributed by atoms with Crippen molar-refractivity contribution in [1.29, 1.82) is 0 Å². The minimum absolute atomic E-state index is 0.335. The molecule has 2 rings (SSSR count). The van der Waals surface area contributed by atoms with Crippen molar-refractivity contribution in [2.45, 2.75) is 51.6 Å². The van der Waals surface area contributed by atoms with Crippen LogP contribution in [0.5, 0.6) is 0 Å². The molecule has 0 bridgehead atoms. The average molecular weight is 255 g/mol. The van der Waals surface area contributed by atoms with Crippen LogP contribution in [0.15, 0.2) is 0 Å². The first-order valence-electron chi connectivity index (χ1n) is 7.66. The zero-order valence-corrected chi connectivity index (χ0v) is 12.0. The number of hydrogen-bond donors (Lipinski definition) is 1. The largest absolute Gasteiger partial charge is 0.381 e. The monoisotopic (exact) mass is 255 g/mol. The summed E-state index contributed by atoms with van der Waals surface area (Å²) >= 11 is 0. The van der Waals surface area contributed by atoms with Gasteiger partial charge in [-0.25, -0.2) is 0 Å². The number of unbranched alkanes of at least 4 members (excludes halogenated alkanes) is 1. The molecule has 1 heterocycles. The SMILES string of the molecule is CCCCOCCC1(CNC)CCOC1C1CC1. The highest BCUT2D eigenvalue weighted by Crippen LogP contribution is 2.49. The molecule has 1 aliphatic heterocycles. The average Bonchev–Trinajstić information content (AvgIpc) is 3.12. The highest BCUT2D eigenvalue weighted by Gasteiger charge is 2.50. The molecule has 106 valence electrons. The summed E-state index contributed by atoms with van der Waals surface area (Å²) in [5, 5.41) is 3.38. The molecule has 2 unspecified atom stereocenters. The first-order valence-corrected chi connectivity index (χ1v) is 7.66. The second-order valence-corrected chi connectivity index (χ2v) is 5.99. The van der Waals surface area contributed by atoms with E-state index in [1.54, 1.807) is 0 Å². The molecule has 3 heteroatoms. The summed E-state index contributed by atoms with van der Waals surface area (Å²) < 4.78 is 11.8. The second kappa shape index (κ2) is 6.88. The summed E-state index contributed by atoms with van der Waals surface area (Å²) in [5.41, 5.74) is 0.335. The fraction of sp³-hybridized carbons (Fsp3) is 1.00. The minimum atomic E-state index is 0.335. The summed E-state index contributed by atoms with van der Waals surface area (Å²) in [5.74, 6) is 0.830. The number of rotatable bonds is 9. The molecule has 0 aromatic carbocycles. The summed E-state index contributed by atoms with van der Waals surface area (Å²) in [6, 6.07) is 0. The summed E-state index contributed by atoms with van der Waals surface area (Å²) in [4.78, 5) is 0. The highest BCUT2D eigenvalue weighted by molar-refractivity contribution is 5.00. The minimum Gasteiger partial charge on any atom is -0.381 e. The van der Waals surface area contributed by atoms with Crippen LogP contribution >= 0.6 is 0 Å². The molecule has 2 aliphatic rings. The summed E-state index contributed by atoms with van der Waals surface area (Å²) in [6.07, 6.45) is 7.97. The molecular weight excluding hydrogens is 226 g/mol. The Bertz CT molecular complexity index is 243. The molecule has 18 heavy (non-hydrogen) atoms. The zero-order chi connectivity index (χ0) is 12.8. The van der Waals surface area contributed by atoms with Crippen molar-refractivity contribution >= 4 is 0 Å². The fourth-order valence-electron chi connectivity index (χ4n) is 3.26. The quantitative estimate of drug-likeness (QED) is 0.642. The molecule has 1 aliphatic carbocycles. The Balaban J connectivity index is 1.81. The van der Waals surface area contributed by atoms with E-state index in [1.807, 2.05) is 0 Å². The van der Waals surface area contributed by atoms with E-state index in [1.165, 1.54) is 32.1 Å². The van der Waals surface area contributed by atoms with Crippen LogP contribution in [0.1, 0.15) is 45.4 Å². The maximum absolute atomic E-state index is 6.03. The van der Waals surface area contributed by atoms with Gasteiger partial charge in [0.05, 0.1) is 6.10 Å². The molecular formula is C15H29NO2. The lowest BCUT2D eigenvalue weighted by atomic mass is 9.76. The van der Waals surface area contributed by atoms with Gasteiger partial charge in [0.15, 0.2) is 0 Å². The Kier molecular flexibility index (Phi) is 5.46. The van der Waals surface area contributed by atoms with Gasteiger partial charge in [0.2, 0.25) is 0 Å². The van der Waals surface area contributed by atoms with E-state index < -0.39 is 0 Å². The van der Waals surface area contributed by atoms with E-state index in [0.717, 1.165) is 38.7 Å². The third-order valence-corrected chi connectivity index (χ3v) is 4.47. The molecule has 1 saturated heterocycles. The van der Waals surface area contributed by atoms with Gasteiger partial charge in [0, 0.05) is 31.8 Å². The van der Waals surface area contributed by atoms with Crippen LogP contribution < -0.4 is 5.32 Å². The third-order valence-electron chi connectivity index (χ3n) is 4.47. The van der Waals surface area contributed by atoms with Gasteiger partial charge in [-0.05, 0) is 45.1 Å². The van der Waals surface area contributed by atoms with Crippen molar-refractivity contribution in [3.8, 4) is 0 Å². The summed E-state index contributed by atoms with van der Waals surface area (Å²) in [6.45, 7) is 6.04. The third kappa shape index (κ3) is 3.46. The van der Waals surface area contributed by atoms with E-state index in [4.69, 9.17) is 9.47 Å². The van der Waals surface area contributed by atoms with E-state index >= 15 is 0 Å². The number of hydrogen-bond acceptors (Lipinski definition) is 3. The van der Waals surface area contributed by atoms with Crippen LogP contribution in [0.4, 0.5) is 0 Å². The van der Waals surface area contributed by atoms with Gasteiger partial charge >= 0.3 is 0 Å². The van der Waals surface area contributed by atoms with Crippen molar-refractivity contribution < 1.29 is 9.47 Å². The van der Waals surface area contributed by atoms with Crippen LogP contribution in [0.2, 0.25) is 0 Å². The molecule has 0 aromatic heterocycles. The van der Waals surface area contributed by atoms with Gasteiger partial charge in [-0.2, -0.15) is 0 Å². The van der Waals surface area contributed by atoms with E-state index in [2.05, 4.69) is 19.3 Å². The smallest absolute Gasteiger partial charge is 0.0673 e. The predicted octanol–water partition coefficient (Wildman–Crippen LogP) is 2.60. The predicted molar refractivity (Wildman–Crippen MR) is 73.8 cm³/mol. The lowest BCUT2D eigenvalue weighted by Crippen LogP contribution is -2.41. The maximum atomic E-state index is 6.03. The number of nitrogens with one attached hydrogen (secondary N) is 1. The van der Waals surface area contributed by atoms with Crippen molar-refractivity contribution in [3.05, 3.63) is 0 Å². The van der Waals surface area contributed by atoms with Gasteiger partial charge in [-0.15, -0.1) is 0 Å². The van der Waals surface area contributed by atoms with Crippen LogP contribution in [-0.2, 0) is 9.47 Å². The fourth-order valence-corrected chi connectivity index (χ4v) is 3.26. The van der Waals surface area contributed by atoms with Crippen molar-refractivity contribution in [2.75, 3.05) is 33.4 Å². The number of ether oxygens (including phenoxy) is 2. The zero-order valence-electron chi connectivity index (χ0n) is 12.0. The second-order valence-electron chi connectivity index (χ2n) is 5.99. The Labute approximate surface area is 112 Å². The Hall–Kier alpha value is -0.120. The van der Waals surface area contributed by atoms with Crippen molar-refractivity contribution in [2.24, 2.45) is 11.3 Å². The lowest BCUT2D eigenvalue weighted by Gasteiger charge is -2.34. The molecule has 0 spiro atoms. The van der Waals surface area contributed by atoms with Crippen molar-refractivity contribution in [1.82, 2.24) is 5.32 Å². The Morgan fingerprint density at radius 1 is 1.33 bits per heavy atom. The van der Waals surface area contributed by atoms with Crippen LogP contribution in [0, 0.1) is 11.3 Å². The van der Waals surface area contributed by atoms with Gasteiger partial charge in [-0.1, -0.05) is 13.3 Å². The molecule has 2 fully saturated rings. The van der Waals surface area contributed by atoms with Crippen LogP contribution in [0.25, 0.3) is 0 Å². The molecule has 2 atom stereocenters. The Morgan fingerprint density at radius 3 is 2.83 bits per heavy atom. The molecule has 3 nitrogen and oxygen atoms in total.